The van der Waals surface area contributed by atoms with Crippen LogP contribution in [0.2, 0.25) is 0 Å². The lowest BCUT2D eigenvalue weighted by Crippen LogP contribution is -2.26. The van der Waals surface area contributed by atoms with Gasteiger partial charge in [0.05, 0.1) is 0 Å². The maximum absolute atomic E-state index is 3.69. The van der Waals surface area contributed by atoms with Crippen molar-refractivity contribution >= 4 is 21.6 Å². The second kappa shape index (κ2) is 6.60. The average molecular weight is 310 g/mol. The third kappa shape index (κ3) is 3.74. The molecule has 0 unspecified atom stereocenters. The second-order valence-corrected chi connectivity index (χ2v) is 6.49. The van der Waals surface area contributed by atoms with Gasteiger partial charge in [-0.05, 0) is 72.2 Å². The van der Waals surface area contributed by atoms with E-state index in [4.69, 9.17) is 0 Å². The smallest absolute Gasteiger partial charge is 0.0486 e. The van der Waals surface area contributed by atoms with E-state index in [1.807, 2.05) is 0 Å². The van der Waals surface area contributed by atoms with E-state index in [9.17, 15) is 0 Å². The van der Waals surface area contributed by atoms with Gasteiger partial charge in [-0.15, -0.1) is 0 Å². The van der Waals surface area contributed by atoms with Crippen LogP contribution < -0.4 is 5.32 Å². The van der Waals surface area contributed by atoms with Crippen LogP contribution in [0, 0.1) is 12.8 Å². The predicted molar refractivity (Wildman–Crippen MR) is 83.2 cm³/mol. The van der Waals surface area contributed by atoms with Gasteiger partial charge in [-0.25, -0.2) is 0 Å². The van der Waals surface area contributed by atoms with Gasteiger partial charge in [-0.2, -0.15) is 0 Å². The Hall–Kier alpha value is -0.500. The second-order valence-electron chi connectivity index (χ2n) is 5.63. The highest BCUT2D eigenvalue weighted by molar-refractivity contribution is 9.10. The molecule has 1 saturated carbocycles. The first-order valence-corrected chi connectivity index (χ1v) is 8.01. The third-order valence-electron chi connectivity index (χ3n) is 4.03. The largest absolute Gasteiger partial charge is 0.381 e. The molecule has 0 aromatic heterocycles. The lowest BCUT2D eigenvalue weighted by molar-refractivity contribution is 0.319. The van der Waals surface area contributed by atoms with Crippen LogP contribution in [0.15, 0.2) is 22.7 Å². The summed E-state index contributed by atoms with van der Waals surface area (Å²) in [5.41, 5.74) is 2.55. The molecular weight excluding hydrogens is 286 g/mol. The summed E-state index contributed by atoms with van der Waals surface area (Å²) < 4.78 is 1.19. The van der Waals surface area contributed by atoms with E-state index in [-0.39, 0.29) is 0 Å². The van der Waals surface area contributed by atoms with E-state index in [0.717, 1.165) is 5.92 Å². The van der Waals surface area contributed by atoms with Crippen molar-refractivity contribution in [2.75, 3.05) is 5.32 Å². The van der Waals surface area contributed by atoms with Crippen molar-refractivity contribution in [1.82, 2.24) is 0 Å². The number of rotatable bonds is 4. The van der Waals surface area contributed by atoms with Crippen molar-refractivity contribution in [3.8, 4) is 0 Å². The molecule has 0 amide bonds. The highest BCUT2D eigenvalue weighted by atomic mass is 79.9. The molecule has 2 rings (SSSR count). The molecule has 1 aliphatic carbocycles. The fraction of sp³-hybridized carbons (Fsp3) is 0.625. The first-order chi connectivity index (χ1) is 8.69. The summed E-state index contributed by atoms with van der Waals surface area (Å²) in [4.78, 5) is 0. The van der Waals surface area contributed by atoms with Gasteiger partial charge in [0.15, 0.2) is 0 Å². The predicted octanol–water partition coefficient (Wildman–Crippen LogP) is 5.53. The minimum Gasteiger partial charge on any atom is -0.381 e. The summed E-state index contributed by atoms with van der Waals surface area (Å²) in [5.74, 6) is 0.981. The molecule has 1 nitrogen and oxygen atoms in total. The minimum atomic E-state index is 0.664. The van der Waals surface area contributed by atoms with E-state index < -0.39 is 0 Å². The van der Waals surface area contributed by atoms with Gasteiger partial charge in [-0.1, -0.05) is 25.8 Å². The van der Waals surface area contributed by atoms with Crippen molar-refractivity contribution < 1.29 is 0 Å². The van der Waals surface area contributed by atoms with Gasteiger partial charge >= 0.3 is 0 Å². The van der Waals surface area contributed by atoms with Crippen LogP contribution in [0.4, 0.5) is 5.69 Å². The summed E-state index contributed by atoms with van der Waals surface area (Å²) in [7, 11) is 0. The molecule has 1 aliphatic rings. The summed E-state index contributed by atoms with van der Waals surface area (Å²) in [6.07, 6.45) is 8.20. The molecule has 1 aromatic rings. The highest BCUT2D eigenvalue weighted by Gasteiger charge is 2.20. The van der Waals surface area contributed by atoms with Crippen LogP contribution in [0.25, 0.3) is 0 Å². The van der Waals surface area contributed by atoms with E-state index in [1.165, 1.54) is 54.2 Å². The molecule has 0 bridgehead atoms. The first kappa shape index (κ1) is 13.9. The fourth-order valence-electron chi connectivity index (χ4n) is 2.96. The molecule has 0 atom stereocenters. The van der Waals surface area contributed by atoms with Gasteiger partial charge in [0.2, 0.25) is 0 Å². The number of nitrogens with one attached hydrogen (secondary N) is 1. The topological polar surface area (TPSA) is 12.0 Å². The Morgan fingerprint density at radius 2 is 1.94 bits per heavy atom. The lowest BCUT2D eigenvalue weighted by Gasteiger charge is -2.30. The van der Waals surface area contributed by atoms with Gasteiger partial charge in [-0.3, -0.25) is 0 Å². The molecular formula is C16H24BrN. The molecule has 100 valence electrons. The van der Waals surface area contributed by atoms with Crippen molar-refractivity contribution in [2.45, 2.75) is 58.4 Å². The summed E-state index contributed by atoms with van der Waals surface area (Å²) in [6.45, 7) is 4.43. The van der Waals surface area contributed by atoms with Crippen molar-refractivity contribution in [2.24, 2.45) is 5.92 Å². The quantitative estimate of drug-likeness (QED) is 0.771. The zero-order chi connectivity index (χ0) is 13.0. The van der Waals surface area contributed by atoms with Crippen LogP contribution in [0.5, 0.6) is 0 Å². The molecule has 0 spiro atoms. The van der Waals surface area contributed by atoms with Crippen LogP contribution in [-0.4, -0.2) is 6.04 Å². The van der Waals surface area contributed by atoms with Crippen molar-refractivity contribution in [3.63, 3.8) is 0 Å². The maximum atomic E-state index is 3.69. The van der Waals surface area contributed by atoms with E-state index >= 15 is 0 Å². The first-order valence-electron chi connectivity index (χ1n) is 7.21. The van der Waals surface area contributed by atoms with Crippen molar-refractivity contribution in [3.05, 3.63) is 28.2 Å². The molecule has 1 N–H and O–H groups in total. The Labute approximate surface area is 119 Å². The van der Waals surface area contributed by atoms with Crippen LogP contribution >= 0.6 is 15.9 Å². The molecule has 18 heavy (non-hydrogen) atoms. The Balaban J connectivity index is 1.87. The molecule has 0 radical (unpaired) electrons. The van der Waals surface area contributed by atoms with E-state index in [1.54, 1.807) is 0 Å². The van der Waals surface area contributed by atoms with Crippen LogP contribution in [0.1, 0.15) is 51.0 Å². The summed E-state index contributed by atoms with van der Waals surface area (Å²) in [5, 5.41) is 3.69. The Bertz CT molecular complexity index is 381. The van der Waals surface area contributed by atoms with Crippen molar-refractivity contribution in [1.29, 1.82) is 0 Å². The molecule has 1 aromatic carbocycles. The third-order valence-corrected chi connectivity index (χ3v) is 4.68. The molecule has 2 heteroatoms. The van der Waals surface area contributed by atoms with E-state index in [0.29, 0.717) is 6.04 Å². The average Bonchev–Trinajstić information content (AvgIpc) is 2.35. The molecule has 1 fully saturated rings. The number of anilines is 1. The van der Waals surface area contributed by atoms with Gasteiger partial charge in [0.1, 0.15) is 0 Å². The van der Waals surface area contributed by atoms with Gasteiger partial charge in [0, 0.05) is 16.2 Å². The SMILES string of the molecule is CCCC1CCC(Nc2ccc(C)cc2Br)CC1. The van der Waals surface area contributed by atoms with Crippen LogP contribution in [0.3, 0.4) is 0 Å². The number of benzene rings is 1. The minimum absolute atomic E-state index is 0.664. The standard InChI is InChI=1S/C16H24BrN/c1-3-4-13-6-8-14(9-7-13)18-16-10-5-12(2)11-15(16)17/h5,10-11,13-14,18H,3-4,6-9H2,1-2H3. The van der Waals surface area contributed by atoms with Crippen LogP contribution in [-0.2, 0) is 0 Å². The number of aryl methyl sites for hydroxylation is 1. The zero-order valence-corrected chi connectivity index (χ0v) is 13.1. The molecule has 0 heterocycles. The fourth-order valence-corrected chi connectivity index (χ4v) is 3.57. The Kier molecular flexibility index (Phi) is 5.11. The van der Waals surface area contributed by atoms with E-state index in [2.05, 4.69) is 53.3 Å². The summed E-state index contributed by atoms with van der Waals surface area (Å²) in [6, 6.07) is 7.22. The van der Waals surface area contributed by atoms with Gasteiger partial charge in [0.25, 0.3) is 0 Å². The van der Waals surface area contributed by atoms with Gasteiger partial charge < -0.3 is 5.32 Å². The number of hydrogen-bond donors (Lipinski definition) is 1. The summed E-state index contributed by atoms with van der Waals surface area (Å²) >= 11 is 3.65. The normalized spacial score (nSPS) is 23.9. The Morgan fingerprint density at radius 1 is 1.22 bits per heavy atom. The monoisotopic (exact) mass is 309 g/mol. The maximum Gasteiger partial charge on any atom is 0.0486 e. The highest BCUT2D eigenvalue weighted by Crippen LogP contribution is 2.31. The zero-order valence-electron chi connectivity index (χ0n) is 11.5. The molecule has 0 aliphatic heterocycles. The lowest BCUT2D eigenvalue weighted by atomic mass is 9.83. The molecule has 0 saturated heterocycles. The number of hydrogen-bond acceptors (Lipinski definition) is 1. The Morgan fingerprint density at radius 3 is 2.56 bits per heavy atom. The number of halogens is 1.